The first kappa shape index (κ1) is 20.4. The number of aryl methyl sites for hydroxylation is 1. The lowest BCUT2D eigenvalue weighted by Gasteiger charge is -2.08. The molecule has 1 amide bonds. The van der Waals surface area contributed by atoms with Crippen LogP contribution < -0.4 is 19.6 Å². The van der Waals surface area contributed by atoms with Crippen LogP contribution in [0.3, 0.4) is 0 Å². The molecule has 0 saturated carbocycles. The van der Waals surface area contributed by atoms with Crippen molar-refractivity contribution in [1.29, 1.82) is 0 Å². The van der Waals surface area contributed by atoms with Gasteiger partial charge in [0.15, 0.2) is 11.5 Å². The number of ether oxygens (including phenoxy) is 3. The highest BCUT2D eigenvalue weighted by Gasteiger charge is 2.22. The summed E-state index contributed by atoms with van der Waals surface area (Å²) in [5.41, 5.74) is 3.26. The number of nitro benzene ring substituents is 1. The third-order valence-corrected chi connectivity index (χ3v) is 4.29. The van der Waals surface area contributed by atoms with Gasteiger partial charge in [-0.15, -0.1) is 0 Å². The van der Waals surface area contributed by atoms with Gasteiger partial charge in [0.2, 0.25) is 12.7 Å². The van der Waals surface area contributed by atoms with Gasteiger partial charge in [0.05, 0.1) is 29.4 Å². The molecule has 1 heterocycles. The fraction of sp³-hybridized carbons (Fsp3) is 0.263. The number of nitro groups is 1. The molecule has 0 aliphatic carbocycles. The average Bonchev–Trinajstić information content (AvgIpc) is 3.13. The minimum atomic E-state index is -0.554. The van der Waals surface area contributed by atoms with Gasteiger partial charge in [0.1, 0.15) is 5.75 Å². The van der Waals surface area contributed by atoms with Gasteiger partial charge in [-0.25, -0.2) is 5.43 Å². The molecule has 29 heavy (non-hydrogen) atoms. The van der Waals surface area contributed by atoms with Crippen LogP contribution in [-0.2, 0) is 4.79 Å². The van der Waals surface area contributed by atoms with Crippen LogP contribution in [0.25, 0.3) is 0 Å². The number of carbonyl (C=O) groups excluding carboxylic acids is 1. The Morgan fingerprint density at radius 2 is 2.10 bits per heavy atom. The molecule has 1 N–H and O–H groups in total. The van der Waals surface area contributed by atoms with Crippen molar-refractivity contribution in [3.8, 4) is 17.2 Å². The van der Waals surface area contributed by atoms with Crippen molar-refractivity contribution in [3.63, 3.8) is 0 Å². The molecule has 0 saturated heterocycles. The highest BCUT2D eigenvalue weighted by molar-refractivity contribution is 6.30. The van der Waals surface area contributed by atoms with Crippen LogP contribution in [0.1, 0.15) is 24.0 Å². The number of nitrogens with one attached hydrogen (secondary N) is 1. The smallest absolute Gasteiger partial charge is 0.282 e. The zero-order valence-corrected chi connectivity index (χ0v) is 16.3. The number of benzene rings is 2. The van der Waals surface area contributed by atoms with Crippen LogP contribution in [0.4, 0.5) is 5.69 Å². The fourth-order valence-corrected chi connectivity index (χ4v) is 2.85. The monoisotopic (exact) mass is 419 g/mol. The normalized spacial score (nSPS) is 12.2. The zero-order chi connectivity index (χ0) is 20.8. The lowest BCUT2D eigenvalue weighted by Crippen LogP contribution is -2.18. The molecule has 3 rings (SSSR count). The lowest BCUT2D eigenvalue weighted by molar-refractivity contribution is -0.385. The van der Waals surface area contributed by atoms with Gasteiger partial charge in [-0.1, -0.05) is 11.6 Å². The van der Waals surface area contributed by atoms with Gasteiger partial charge < -0.3 is 14.2 Å². The highest BCUT2D eigenvalue weighted by Crippen LogP contribution is 2.37. The minimum Gasteiger partial charge on any atom is -0.493 e. The second-order valence-corrected chi connectivity index (χ2v) is 6.61. The maximum Gasteiger partial charge on any atom is 0.282 e. The molecule has 1 aliphatic rings. The van der Waals surface area contributed by atoms with Gasteiger partial charge in [0, 0.05) is 11.4 Å². The summed E-state index contributed by atoms with van der Waals surface area (Å²) in [4.78, 5) is 22.5. The molecule has 0 unspecified atom stereocenters. The van der Waals surface area contributed by atoms with Crippen molar-refractivity contribution in [2.75, 3.05) is 13.4 Å². The van der Waals surface area contributed by atoms with E-state index in [1.165, 1.54) is 18.3 Å². The van der Waals surface area contributed by atoms with E-state index in [-0.39, 0.29) is 30.4 Å². The topological polar surface area (TPSA) is 112 Å². The number of carbonyl (C=O) groups is 1. The summed E-state index contributed by atoms with van der Waals surface area (Å²) in [5, 5.41) is 15.6. The summed E-state index contributed by atoms with van der Waals surface area (Å²) in [7, 11) is 0. The molecule has 0 bridgehead atoms. The largest absolute Gasteiger partial charge is 0.493 e. The van der Waals surface area contributed by atoms with Crippen LogP contribution in [-0.4, -0.2) is 30.4 Å². The number of fused-ring (bicyclic) bond motifs is 1. The molecule has 0 aromatic heterocycles. The Balaban J connectivity index is 1.48. The van der Waals surface area contributed by atoms with E-state index in [0.29, 0.717) is 35.3 Å². The molecule has 10 heteroatoms. The molecule has 2 aromatic carbocycles. The number of halogens is 1. The SMILES string of the molecule is Cc1cc(Cl)ccc1OCCCC(=O)N/N=C/c1cc2c(cc1[N+](=O)[O-])OCO2. The maximum atomic E-state index is 11.9. The third-order valence-electron chi connectivity index (χ3n) is 4.05. The van der Waals surface area contributed by atoms with Gasteiger partial charge in [-0.2, -0.15) is 5.10 Å². The summed E-state index contributed by atoms with van der Waals surface area (Å²) in [6.45, 7) is 2.24. The molecule has 152 valence electrons. The van der Waals surface area contributed by atoms with Gasteiger partial charge in [0.25, 0.3) is 5.69 Å². The van der Waals surface area contributed by atoms with E-state index in [1.807, 2.05) is 6.92 Å². The molecule has 0 spiro atoms. The quantitative estimate of drug-likeness (QED) is 0.303. The Bertz CT molecular complexity index is 963. The first-order chi connectivity index (χ1) is 13.9. The Morgan fingerprint density at radius 3 is 2.83 bits per heavy atom. The maximum absolute atomic E-state index is 11.9. The molecular formula is C19H18ClN3O6. The van der Waals surface area contributed by atoms with E-state index >= 15 is 0 Å². The lowest BCUT2D eigenvalue weighted by atomic mass is 10.1. The van der Waals surface area contributed by atoms with E-state index in [1.54, 1.807) is 18.2 Å². The molecule has 1 aliphatic heterocycles. The Kier molecular flexibility index (Phi) is 6.50. The van der Waals surface area contributed by atoms with Gasteiger partial charge >= 0.3 is 0 Å². The average molecular weight is 420 g/mol. The highest BCUT2D eigenvalue weighted by atomic mass is 35.5. The van der Waals surface area contributed by atoms with Crippen LogP contribution >= 0.6 is 11.6 Å². The Morgan fingerprint density at radius 1 is 1.34 bits per heavy atom. The number of hydrogen-bond acceptors (Lipinski definition) is 7. The van der Waals surface area contributed by atoms with Crippen LogP contribution in [0, 0.1) is 17.0 Å². The molecular weight excluding hydrogens is 402 g/mol. The molecule has 0 fully saturated rings. The summed E-state index contributed by atoms with van der Waals surface area (Å²) in [6, 6.07) is 8.02. The predicted octanol–water partition coefficient (Wildman–Crippen LogP) is 3.59. The number of amides is 1. The summed E-state index contributed by atoms with van der Waals surface area (Å²) in [6.07, 6.45) is 1.87. The van der Waals surface area contributed by atoms with Crippen molar-refractivity contribution in [2.45, 2.75) is 19.8 Å². The molecule has 0 radical (unpaired) electrons. The summed E-state index contributed by atoms with van der Waals surface area (Å²) in [5.74, 6) is 1.07. The Labute approximate surface area is 171 Å². The van der Waals surface area contributed by atoms with E-state index in [9.17, 15) is 14.9 Å². The van der Waals surface area contributed by atoms with Crippen molar-refractivity contribution >= 4 is 29.4 Å². The van der Waals surface area contributed by atoms with Crippen LogP contribution in [0.2, 0.25) is 5.02 Å². The van der Waals surface area contributed by atoms with Crippen molar-refractivity contribution in [1.82, 2.24) is 5.43 Å². The van der Waals surface area contributed by atoms with E-state index in [0.717, 1.165) is 5.56 Å². The fourth-order valence-electron chi connectivity index (χ4n) is 2.63. The first-order valence-corrected chi connectivity index (χ1v) is 9.10. The second-order valence-electron chi connectivity index (χ2n) is 6.18. The number of hydrogen-bond donors (Lipinski definition) is 1. The van der Waals surface area contributed by atoms with E-state index in [2.05, 4.69) is 10.5 Å². The zero-order valence-electron chi connectivity index (χ0n) is 15.5. The van der Waals surface area contributed by atoms with E-state index in [4.69, 9.17) is 25.8 Å². The van der Waals surface area contributed by atoms with E-state index < -0.39 is 4.92 Å². The standard InChI is InChI=1S/C19H18ClN3O6/c1-12-7-14(20)4-5-16(12)27-6-2-3-19(24)22-21-10-13-8-17-18(29-11-28-17)9-15(13)23(25)26/h4-5,7-10H,2-3,6,11H2,1H3,(H,22,24)/b21-10+. The first-order valence-electron chi connectivity index (χ1n) is 8.73. The van der Waals surface area contributed by atoms with Crippen molar-refractivity contribution in [2.24, 2.45) is 5.10 Å². The summed E-state index contributed by atoms with van der Waals surface area (Å²) >= 11 is 5.89. The number of nitrogens with zero attached hydrogens (tertiary/aromatic N) is 2. The molecule has 2 aromatic rings. The van der Waals surface area contributed by atoms with Crippen LogP contribution in [0.15, 0.2) is 35.4 Å². The molecule has 0 atom stereocenters. The van der Waals surface area contributed by atoms with Crippen molar-refractivity contribution in [3.05, 3.63) is 56.6 Å². The number of hydrazone groups is 1. The second kappa shape index (κ2) is 9.24. The third kappa shape index (κ3) is 5.35. The van der Waals surface area contributed by atoms with Crippen molar-refractivity contribution < 1.29 is 23.9 Å². The van der Waals surface area contributed by atoms with Gasteiger partial charge in [-0.3, -0.25) is 14.9 Å². The number of rotatable bonds is 8. The molecule has 9 nitrogen and oxygen atoms in total. The van der Waals surface area contributed by atoms with Crippen LogP contribution in [0.5, 0.6) is 17.2 Å². The van der Waals surface area contributed by atoms with Gasteiger partial charge in [-0.05, 0) is 43.2 Å². The predicted molar refractivity (Wildman–Crippen MR) is 106 cm³/mol. The minimum absolute atomic E-state index is 0.00142. The summed E-state index contributed by atoms with van der Waals surface area (Å²) < 4.78 is 16.0. The Hall–Kier alpha value is -3.33.